The van der Waals surface area contributed by atoms with Crippen molar-refractivity contribution in [2.24, 2.45) is 5.92 Å². The van der Waals surface area contributed by atoms with Crippen LogP contribution >= 0.6 is 0 Å². The van der Waals surface area contributed by atoms with Crippen LogP contribution in [0.4, 0.5) is 0 Å². The van der Waals surface area contributed by atoms with E-state index in [1.807, 2.05) is 11.0 Å². The van der Waals surface area contributed by atoms with E-state index in [1.54, 1.807) is 7.11 Å². The Labute approximate surface area is 127 Å². The average Bonchev–Trinajstić information content (AvgIpc) is 2.53. The number of ether oxygens (including phenoxy) is 2. The van der Waals surface area contributed by atoms with Gasteiger partial charge in [-0.05, 0) is 30.7 Å². The van der Waals surface area contributed by atoms with E-state index in [0.29, 0.717) is 19.1 Å². The average molecular weight is 291 g/mol. The molecule has 1 aliphatic heterocycles. The highest BCUT2D eigenvalue weighted by molar-refractivity contribution is 5.77. The van der Waals surface area contributed by atoms with Gasteiger partial charge in [-0.1, -0.05) is 30.3 Å². The first-order valence-electron chi connectivity index (χ1n) is 7.68. The van der Waals surface area contributed by atoms with E-state index in [9.17, 15) is 4.79 Å². The summed E-state index contributed by atoms with van der Waals surface area (Å²) < 4.78 is 10.2. The van der Waals surface area contributed by atoms with Gasteiger partial charge in [-0.25, -0.2) is 0 Å². The fourth-order valence-electron chi connectivity index (χ4n) is 2.73. The van der Waals surface area contributed by atoms with Gasteiger partial charge in [-0.3, -0.25) is 4.79 Å². The minimum Gasteiger partial charge on any atom is -0.382 e. The molecule has 2 rings (SSSR count). The fourth-order valence-corrected chi connectivity index (χ4v) is 2.73. The summed E-state index contributed by atoms with van der Waals surface area (Å²) in [6.45, 7) is 2.89. The molecule has 1 saturated heterocycles. The molecule has 0 unspecified atom stereocenters. The lowest BCUT2D eigenvalue weighted by molar-refractivity contribution is -0.137. The lowest BCUT2D eigenvalue weighted by atomic mass is 9.90. The Balaban J connectivity index is 1.67. The molecule has 4 heteroatoms. The number of hydrogen-bond donors (Lipinski definition) is 0. The molecule has 0 saturated carbocycles. The summed E-state index contributed by atoms with van der Waals surface area (Å²) in [5.41, 5.74) is 1.39. The number of likely N-dealkylation sites (tertiary alicyclic amines) is 1. The SMILES string of the molecule is COCCOCC(=O)N1CCC(Cc2ccccc2)CC1. The molecule has 0 aliphatic carbocycles. The van der Waals surface area contributed by atoms with E-state index in [2.05, 4.69) is 24.3 Å². The molecule has 1 heterocycles. The number of piperidine rings is 1. The molecule has 0 N–H and O–H groups in total. The van der Waals surface area contributed by atoms with Gasteiger partial charge in [0.2, 0.25) is 5.91 Å². The molecular formula is C17H25NO3. The van der Waals surface area contributed by atoms with Crippen molar-refractivity contribution in [1.29, 1.82) is 0 Å². The second kappa shape index (κ2) is 8.80. The van der Waals surface area contributed by atoms with Gasteiger partial charge in [0.05, 0.1) is 13.2 Å². The van der Waals surface area contributed by atoms with Crippen molar-refractivity contribution in [3.05, 3.63) is 35.9 Å². The smallest absolute Gasteiger partial charge is 0.248 e. The normalized spacial score (nSPS) is 16.1. The summed E-state index contributed by atoms with van der Waals surface area (Å²) in [5, 5.41) is 0. The second-order valence-corrected chi connectivity index (χ2v) is 5.56. The van der Waals surface area contributed by atoms with Crippen LogP contribution in [0.1, 0.15) is 18.4 Å². The van der Waals surface area contributed by atoms with E-state index in [4.69, 9.17) is 9.47 Å². The molecule has 1 fully saturated rings. The Morgan fingerprint density at radius 2 is 1.90 bits per heavy atom. The zero-order chi connectivity index (χ0) is 14.9. The number of methoxy groups -OCH3 is 1. The summed E-state index contributed by atoms with van der Waals surface area (Å²) in [7, 11) is 1.63. The maximum absolute atomic E-state index is 12.0. The zero-order valence-corrected chi connectivity index (χ0v) is 12.8. The van der Waals surface area contributed by atoms with Crippen LogP contribution in [0.2, 0.25) is 0 Å². The van der Waals surface area contributed by atoms with Crippen LogP contribution in [0, 0.1) is 5.92 Å². The van der Waals surface area contributed by atoms with E-state index in [1.165, 1.54) is 5.56 Å². The first kappa shape index (κ1) is 16.0. The summed E-state index contributed by atoms with van der Waals surface area (Å²) in [5.74, 6) is 0.787. The van der Waals surface area contributed by atoms with Crippen LogP contribution < -0.4 is 0 Å². The number of carbonyl (C=O) groups is 1. The van der Waals surface area contributed by atoms with Crippen LogP contribution in [0.15, 0.2) is 30.3 Å². The van der Waals surface area contributed by atoms with Crippen molar-refractivity contribution in [1.82, 2.24) is 4.90 Å². The fraction of sp³-hybridized carbons (Fsp3) is 0.588. The topological polar surface area (TPSA) is 38.8 Å². The van der Waals surface area contributed by atoms with Crippen molar-refractivity contribution in [2.75, 3.05) is 40.0 Å². The highest BCUT2D eigenvalue weighted by Gasteiger charge is 2.22. The van der Waals surface area contributed by atoms with Gasteiger partial charge in [-0.15, -0.1) is 0 Å². The summed E-state index contributed by atoms with van der Waals surface area (Å²) >= 11 is 0. The Kier molecular flexibility index (Phi) is 6.70. The Morgan fingerprint density at radius 1 is 1.19 bits per heavy atom. The summed E-state index contributed by atoms with van der Waals surface area (Å²) in [6.07, 6.45) is 3.28. The second-order valence-electron chi connectivity index (χ2n) is 5.56. The van der Waals surface area contributed by atoms with Gasteiger partial charge in [-0.2, -0.15) is 0 Å². The standard InChI is InChI=1S/C17H25NO3/c1-20-11-12-21-14-17(19)18-9-7-16(8-10-18)13-15-5-3-2-4-6-15/h2-6,16H,7-14H2,1H3. The third-order valence-corrected chi connectivity index (χ3v) is 3.99. The van der Waals surface area contributed by atoms with Gasteiger partial charge >= 0.3 is 0 Å². The first-order valence-corrected chi connectivity index (χ1v) is 7.68. The number of amides is 1. The molecule has 0 radical (unpaired) electrons. The molecule has 21 heavy (non-hydrogen) atoms. The number of benzene rings is 1. The first-order chi connectivity index (χ1) is 10.3. The van der Waals surface area contributed by atoms with Gasteiger partial charge in [0, 0.05) is 20.2 Å². The molecule has 0 aromatic heterocycles. The minimum absolute atomic E-state index is 0.101. The number of nitrogens with zero attached hydrogens (tertiary/aromatic N) is 1. The molecule has 1 aromatic carbocycles. The largest absolute Gasteiger partial charge is 0.382 e. The molecule has 116 valence electrons. The number of hydrogen-bond acceptors (Lipinski definition) is 3. The molecule has 1 aliphatic rings. The zero-order valence-electron chi connectivity index (χ0n) is 12.8. The van der Waals surface area contributed by atoms with Gasteiger partial charge in [0.15, 0.2) is 0 Å². The molecule has 0 bridgehead atoms. The third-order valence-electron chi connectivity index (χ3n) is 3.99. The van der Waals surface area contributed by atoms with E-state index in [0.717, 1.165) is 32.4 Å². The quantitative estimate of drug-likeness (QED) is 0.722. The highest BCUT2D eigenvalue weighted by atomic mass is 16.5. The Morgan fingerprint density at radius 3 is 2.57 bits per heavy atom. The van der Waals surface area contributed by atoms with Crippen LogP contribution in [0.5, 0.6) is 0 Å². The molecule has 1 aromatic rings. The molecule has 4 nitrogen and oxygen atoms in total. The molecular weight excluding hydrogens is 266 g/mol. The maximum atomic E-state index is 12.0. The Hall–Kier alpha value is -1.39. The van der Waals surface area contributed by atoms with Crippen molar-refractivity contribution in [2.45, 2.75) is 19.3 Å². The van der Waals surface area contributed by atoms with Gasteiger partial charge < -0.3 is 14.4 Å². The highest BCUT2D eigenvalue weighted by Crippen LogP contribution is 2.21. The third kappa shape index (κ3) is 5.48. The summed E-state index contributed by atoms with van der Waals surface area (Å²) in [6, 6.07) is 10.6. The van der Waals surface area contributed by atoms with E-state index in [-0.39, 0.29) is 12.5 Å². The van der Waals surface area contributed by atoms with E-state index < -0.39 is 0 Å². The van der Waals surface area contributed by atoms with Crippen molar-refractivity contribution in [3.8, 4) is 0 Å². The molecule has 0 atom stereocenters. The minimum atomic E-state index is 0.101. The lowest BCUT2D eigenvalue weighted by Gasteiger charge is -2.32. The van der Waals surface area contributed by atoms with Crippen LogP contribution in [-0.4, -0.2) is 50.8 Å². The summed E-state index contributed by atoms with van der Waals surface area (Å²) in [4.78, 5) is 13.9. The van der Waals surface area contributed by atoms with Crippen molar-refractivity contribution >= 4 is 5.91 Å². The molecule has 1 amide bonds. The monoisotopic (exact) mass is 291 g/mol. The maximum Gasteiger partial charge on any atom is 0.248 e. The van der Waals surface area contributed by atoms with Crippen molar-refractivity contribution < 1.29 is 14.3 Å². The van der Waals surface area contributed by atoms with Gasteiger partial charge in [0.25, 0.3) is 0 Å². The predicted molar refractivity (Wildman–Crippen MR) is 82.1 cm³/mol. The van der Waals surface area contributed by atoms with Crippen LogP contribution in [-0.2, 0) is 20.7 Å². The lowest BCUT2D eigenvalue weighted by Crippen LogP contribution is -2.40. The van der Waals surface area contributed by atoms with Crippen LogP contribution in [0.25, 0.3) is 0 Å². The number of carbonyl (C=O) groups excluding carboxylic acids is 1. The van der Waals surface area contributed by atoms with Crippen LogP contribution in [0.3, 0.4) is 0 Å². The van der Waals surface area contributed by atoms with E-state index >= 15 is 0 Å². The Bertz CT molecular complexity index is 413. The van der Waals surface area contributed by atoms with Gasteiger partial charge in [0.1, 0.15) is 6.61 Å². The number of rotatable bonds is 7. The van der Waals surface area contributed by atoms with Crippen molar-refractivity contribution in [3.63, 3.8) is 0 Å². The molecule has 0 spiro atoms. The predicted octanol–water partition coefficient (Wildman–Crippen LogP) is 2.13.